The highest BCUT2D eigenvalue weighted by Crippen LogP contribution is 2.36. The molecule has 0 unspecified atom stereocenters. The van der Waals surface area contributed by atoms with Crippen LogP contribution in [0.2, 0.25) is 0 Å². The minimum Gasteiger partial charge on any atom is -0.485 e. The van der Waals surface area contributed by atoms with Gasteiger partial charge in [-0.15, -0.1) is 0 Å². The number of carbonyl (C=O) groups excluding carboxylic acids is 1. The number of hydrogen-bond acceptors (Lipinski definition) is 6. The number of aromatic nitrogens is 2. The molecule has 0 bridgehead atoms. The minimum absolute atomic E-state index is 0.165. The minimum atomic E-state index is -3.39. The number of amides is 1. The number of benzene rings is 1. The molecule has 1 aromatic carbocycles. The number of fused-ring (bicyclic) bond motifs is 1. The van der Waals surface area contributed by atoms with Crippen LogP contribution in [0.5, 0.6) is 5.75 Å². The van der Waals surface area contributed by atoms with Crippen LogP contribution in [-0.4, -0.2) is 65.0 Å². The Kier molecular flexibility index (Phi) is 5.04. The molecule has 1 aromatic heterocycles. The third kappa shape index (κ3) is 4.11. The fraction of sp³-hybridized carbons (Fsp3) is 0.450. The first-order valence-corrected chi connectivity index (χ1v) is 11.4. The third-order valence-electron chi connectivity index (χ3n) is 5.54. The second kappa shape index (κ2) is 7.38. The molecule has 8 nitrogen and oxygen atoms in total. The molecular formula is C20H24N4O4S. The largest absolute Gasteiger partial charge is 0.485 e. The molecule has 4 rings (SSSR count). The Morgan fingerprint density at radius 2 is 1.86 bits per heavy atom. The van der Waals surface area contributed by atoms with Crippen molar-refractivity contribution in [3.8, 4) is 5.75 Å². The van der Waals surface area contributed by atoms with E-state index in [-0.39, 0.29) is 12.5 Å². The van der Waals surface area contributed by atoms with Gasteiger partial charge in [0.05, 0.1) is 24.7 Å². The fourth-order valence-electron chi connectivity index (χ4n) is 3.84. The van der Waals surface area contributed by atoms with Crippen LogP contribution in [0.3, 0.4) is 0 Å². The van der Waals surface area contributed by atoms with Gasteiger partial charge in [-0.3, -0.25) is 9.78 Å². The lowest BCUT2D eigenvalue weighted by Crippen LogP contribution is -2.55. The second-order valence-corrected chi connectivity index (χ2v) is 9.74. The summed E-state index contributed by atoms with van der Waals surface area (Å²) in [6, 6.07) is 7.53. The number of para-hydroxylation sites is 1. The molecule has 2 aliphatic rings. The quantitative estimate of drug-likeness (QED) is 0.739. The van der Waals surface area contributed by atoms with E-state index in [0.29, 0.717) is 43.9 Å². The lowest BCUT2D eigenvalue weighted by atomic mass is 9.90. The zero-order valence-corrected chi connectivity index (χ0v) is 17.4. The SMILES string of the molecule is Cc1cnc(C(=O)N2CCC3(CC2)CN(S(C)(=O)=O)Cc2ccccc2O3)cn1. The molecule has 29 heavy (non-hydrogen) atoms. The van der Waals surface area contributed by atoms with E-state index in [2.05, 4.69) is 9.97 Å². The van der Waals surface area contributed by atoms with E-state index in [1.54, 1.807) is 11.1 Å². The second-order valence-electron chi connectivity index (χ2n) is 7.76. The highest BCUT2D eigenvalue weighted by molar-refractivity contribution is 7.88. The number of hydrogen-bond donors (Lipinski definition) is 0. The van der Waals surface area contributed by atoms with Gasteiger partial charge in [-0.05, 0) is 13.0 Å². The molecule has 0 N–H and O–H groups in total. The third-order valence-corrected chi connectivity index (χ3v) is 6.74. The first kappa shape index (κ1) is 19.8. The highest BCUT2D eigenvalue weighted by Gasteiger charge is 2.43. The number of piperidine rings is 1. The van der Waals surface area contributed by atoms with Gasteiger partial charge in [-0.2, -0.15) is 4.31 Å². The molecule has 3 heterocycles. The van der Waals surface area contributed by atoms with Gasteiger partial charge in [0.25, 0.3) is 5.91 Å². The average molecular weight is 417 g/mol. The Hall–Kier alpha value is -2.52. The molecule has 0 aliphatic carbocycles. The number of carbonyl (C=O) groups is 1. The van der Waals surface area contributed by atoms with Gasteiger partial charge in [-0.1, -0.05) is 18.2 Å². The van der Waals surface area contributed by atoms with E-state index in [9.17, 15) is 13.2 Å². The Bertz CT molecular complexity index is 1020. The Balaban J connectivity index is 1.55. The molecular weight excluding hydrogens is 392 g/mol. The summed E-state index contributed by atoms with van der Waals surface area (Å²) >= 11 is 0. The van der Waals surface area contributed by atoms with E-state index >= 15 is 0 Å². The van der Waals surface area contributed by atoms with Crippen LogP contribution in [0.1, 0.15) is 34.6 Å². The zero-order chi connectivity index (χ0) is 20.6. The first-order chi connectivity index (χ1) is 13.8. The van der Waals surface area contributed by atoms with E-state index in [1.165, 1.54) is 16.8 Å². The van der Waals surface area contributed by atoms with Crippen molar-refractivity contribution in [3.63, 3.8) is 0 Å². The van der Waals surface area contributed by atoms with Crippen molar-refractivity contribution in [2.24, 2.45) is 0 Å². The van der Waals surface area contributed by atoms with Gasteiger partial charge in [-0.25, -0.2) is 13.4 Å². The summed E-state index contributed by atoms with van der Waals surface area (Å²) in [6.45, 7) is 3.31. The van der Waals surface area contributed by atoms with Gasteiger partial charge in [0.15, 0.2) is 0 Å². The maximum atomic E-state index is 12.7. The van der Waals surface area contributed by atoms with Crippen LogP contribution < -0.4 is 4.74 Å². The van der Waals surface area contributed by atoms with Crippen molar-refractivity contribution in [2.75, 3.05) is 25.9 Å². The monoisotopic (exact) mass is 416 g/mol. The summed E-state index contributed by atoms with van der Waals surface area (Å²) < 4.78 is 32.6. The zero-order valence-electron chi connectivity index (χ0n) is 16.5. The summed E-state index contributed by atoms with van der Waals surface area (Å²) in [5.74, 6) is 0.546. The standard InChI is InChI=1S/C20H24N4O4S/c1-15-11-22-17(12-21-15)19(25)23-9-7-20(8-10-23)14-24(29(2,26)27)13-16-5-3-4-6-18(16)28-20/h3-6,11-12H,7-10,13-14H2,1-2H3. The normalized spacial score (nSPS) is 19.3. The number of nitrogens with zero attached hydrogens (tertiary/aromatic N) is 4. The summed E-state index contributed by atoms with van der Waals surface area (Å²) in [5, 5.41) is 0. The van der Waals surface area contributed by atoms with Crippen molar-refractivity contribution in [2.45, 2.75) is 31.9 Å². The number of aryl methyl sites for hydroxylation is 1. The molecule has 1 spiro atoms. The Morgan fingerprint density at radius 1 is 1.14 bits per heavy atom. The molecule has 1 fully saturated rings. The summed E-state index contributed by atoms with van der Waals surface area (Å²) in [6.07, 6.45) is 5.37. The molecule has 1 saturated heterocycles. The van der Waals surface area contributed by atoms with Gasteiger partial charge in [0.1, 0.15) is 17.0 Å². The predicted molar refractivity (Wildman–Crippen MR) is 107 cm³/mol. The summed E-state index contributed by atoms with van der Waals surface area (Å²) in [7, 11) is -3.39. The van der Waals surface area contributed by atoms with Gasteiger partial charge >= 0.3 is 0 Å². The van der Waals surface area contributed by atoms with Crippen molar-refractivity contribution >= 4 is 15.9 Å². The fourth-order valence-corrected chi connectivity index (χ4v) is 4.69. The van der Waals surface area contributed by atoms with Crippen molar-refractivity contribution in [1.29, 1.82) is 0 Å². The van der Waals surface area contributed by atoms with Gasteiger partial charge < -0.3 is 9.64 Å². The Morgan fingerprint density at radius 3 is 2.52 bits per heavy atom. The van der Waals surface area contributed by atoms with E-state index in [0.717, 1.165) is 11.3 Å². The molecule has 9 heteroatoms. The van der Waals surface area contributed by atoms with Crippen LogP contribution in [0.25, 0.3) is 0 Å². The number of sulfonamides is 1. The van der Waals surface area contributed by atoms with Crippen LogP contribution >= 0.6 is 0 Å². The maximum absolute atomic E-state index is 12.7. The van der Waals surface area contributed by atoms with Crippen LogP contribution in [-0.2, 0) is 16.6 Å². The molecule has 0 atom stereocenters. The number of likely N-dealkylation sites (tertiary alicyclic amines) is 1. The topological polar surface area (TPSA) is 92.7 Å². The average Bonchev–Trinajstić information content (AvgIpc) is 2.85. The van der Waals surface area contributed by atoms with Crippen LogP contribution in [0, 0.1) is 6.92 Å². The van der Waals surface area contributed by atoms with Gasteiger partial charge in [0, 0.05) is 44.2 Å². The lowest BCUT2D eigenvalue weighted by molar-refractivity contribution is -0.00266. The molecule has 2 aliphatic heterocycles. The van der Waals surface area contributed by atoms with E-state index < -0.39 is 15.6 Å². The van der Waals surface area contributed by atoms with Crippen molar-refractivity contribution in [1.82, 2.24) is 19.2 Å². The first-order valence-electron chi connectivity index (χ1n) is 9.56. The summed E-state index contributed by atoms with van der Waals surface area (Å²) in [4.78, 5) is 22.8. The van der Waals surface area contributed by atoms with Crippen molar-refractivity contribution < 1.29 is 17.9 Å². The van der Waals surface area contributed by atoms with Crippen LogP contribution in [0.15, 0.2) is 36.7 Å². The molecule has 0 saturated carbocycles. The van der Waals surface area contributed by atoms with Crippen molar-refractivity contribution in [3.05, 3.63) is 53.6 Å². The number of ether oxygens (including phenoxy) is 1. The maximum Gasteiger partial charge on any atom is 0.274 e. The van der Waals surface area contributed by atoms with Gasteiger partial charge in [0.2, 0.25) is 10.0 Å². The molecule has 1 amide bonds. The number of rotatable bonds is 2. The molecule has 2 aromatic rings. The smallest absolute Gasteiger partial charge is 0.274 e. The van der Waals surface area contributed by atoms with E-state index in [4.69, 9.17) is 4.74 Å². The van der Waals surface area contributed by atoms with Crippen LogP contribution in [0.4, 0.5) is 0 Å². The Labute approximate surface area is 170 Å². The molecule has 154 valence electrons. The molecule has 0 radical (unpaired) electrons. The summed E-state index contributed by atoms with van der Waals surface area (Å²) in [5.41, 5.74) is 1.26. The lowest BCUT2D eigenvalue weighted by Gasteiger charge is -2.42. The highest BCUT2D eigenvalue weighted by atomic mass is 32.2. The van der Waals surface area contributed by atoms with E-state index in [1.807, 2.05) is 31.2 Å². The predicted octanol–water partition coefficient (Wildman–Crippen LogP) is 1.61.